The first kappa shape index (κ1) is 12.6. The van der Waals surface area contributed by atoms with Crippen LogP contribution >= 0.6 is 11.8 Å². The van der Waals surface area contributed by atoms with E-state index in [1.165, 1.54) is 16.0 Å². The van der Waals surface area contributed by atoms with Gasteiger partial charge in [-0.15, -0.1) is 11.8 Å². The van der Waals surface area contributed by atoms with E-state index in [1.807, 2.05) is 25.6 Å². The first-order valence-corrected chi connectivity index (χ1v) is 6.29. The van der Waals surface area contributed by atoms with Gasteiger partial charge in [-0.25, -0.2) is 0 Å². The van der Waals surface area contributed by atoms with Gasteiger partial charge >= 0.3 is 0 Å². The third-order valence-electron chi connectivity index (χ3n) is 2.30. The standard InChI is InChI=1S/C13H20OS/c1-10-5-6-12(11(2)9-10)15-8-7-13(3,4)14/h5-6,9,14H,7-8H2,1-4H3. The lowest BCUT2D eigenvalue weighted by molar-refractivity contribution is 0.0777. The van der Waals surface area contributed by atoms with Crippen molar-refractivity contribution in [3.63, 3.8) is 0 Å². The molecule has 0 amide bonds. The van der Waals surface area contributed by atoms with E-state index in [1.54, 1.807) is 0 Å². The highest BCUT2D eigenvalue weighted by Crippen LogP contribution is 2.25. The summed E-state index contributed by atoms with van der Waals surface area (Å²) in [6.45, 7) is 7.96. The normalized spacial score (nSPS) is 11.8. The number of aliphatic hydroxyl groups is 1. The molecule has 1 nitrogen and oxygen atoms in total. The second-order valence-electron chi connectivity index (χ2n) is 4.68. The van der Waals surface area contributed by atoms with Gasteiger partial charge in [0, 0.05) is 10.6 Å². The summed E-state index contributed by atoms with van der Waals surface area (Å²) in [6.07, 6.45) is 0.824. The summed E-state index contributed by atoms with van der Waals surface area (Å²) in [4.78, 5) is 1.32. The molecule has 84 valence electrons. The van der Waals surface area contributed by atoms with Crippen molar-refractivity contribution in [3.8, 4) is 0 Å². The average molecular weight is 224 g/mol. The van der Waals surface area contributed by atoms with Crippen molar-refractivity contribution in [1.82, 2.24) is 0 Å². The highest BCUT2D eigenvalue weighted by atomic mass is 32.2. The number of rotatable bonds is 4. The van der Waals surface area contributed by atoms with E-state index >= 15 is 0 Å². The van der Waals surface area contributed by atoms with Gasteiger partial charge in [0.05, 0.1) is 5.60 Å². The van der Waals surface area contributed by atoms with Crippen molar-refractivity contribution in [2.75, 3.05) is 5.75 Å². The van der Waals surface area contributed by atoms with Crippen LogP contribution in [0.3, 0.4) is 0 Å². The van der Waals surface area contributed by atoms with Crippen LogP contribution in [0.15, 0.2) is 23.1 Å². The summed E-state index contributed by atoms with van der Waals surface area (Å²) in [6, 6.07) is 6.51. The predicted octanol–water partition coefficient (Wildman–Crippen LogP) is 3.56. The number of benzene rings is 1. The minimum Gasteiger partial charge on any atom is -0.390 e. The molecular formula is C13H20OS. The molecule has 15 heavy (non-hydrogen) atoms. The molecule has 0 aliphatic carbocycles. The summed E-state index contributed by atoms with van der Waals surface area (Å²) >= 11 is 1.82. The molecule has 0 saturated carbocycles. The summed E-state index contributed by atoms with van der Waals surface area (Å²) in [5.41, 5.74) is 2.08. The predicted molar refractivity (Wildman–Crippen MR) is 67.6 cm³/mol. The Labute approximate surface area is 96.9 Å². The van der Waals surface area contributed by atoms with E-state index in [0.29, 0.717) is 0 Å². The first-order valence-electron chi connectivity index (χ1n) is 5.31. The van der Waals surface area contributed by atoms with Gasteiger partial charge in [-0.2, -0.15) is 0 Å². The second kappa shape index (κ2) is 5.04. The fourth-order valence-corrected chi connectivity index (χ4v) is 2.64. The average Bonchev–Trinajstić information content (AvgIpc) is 2.07. The van der Waals surface area contributed by atoms with Gasteiger partial charge in [-0.1, -0.05) is 17.7 Å². The van der Waals surface area contributed by atoms with E-state index in [4.69, 9.17) is 0 Å². The van der Waals surface area contributed by atoms with Crippen LogP contribution in [-0.4, -0.2) is 16.5 Å². The molecular weight excluding hydrogens is 204 g/mol. The molecule has 0 radical (unpaired) electrons. The maximum absolute atomic E-state index is 9.60. The monoisotopic (exact) mass is 224 g/mol. The lowest BCUT2D eigenvalue weighted by atomic mass is 10.1. The largest absolute Gasteiger partial charge is 0.390 e. The van der Waals surface area contributed by atoms with E-state index in [0.717, 1.165) is 12.2 Å². The molecule has 0 unspecified atom stereocenters. The molecule has 0 bridgehead atoms. The van der Waals surface area contributed by atoms with Crippen molar-refractivity contribution in [1.29, 1.82) is 0 Å². The molecule has 1 aromatic rings. The molecule has 2 heteroatoms. The Bertz CT molecular complexity index is 326. The van der Waals surface area contributed by atoms with Crippen LogP contribution in [0.4, 0.5) is 0 Å². The van der Waals surface area contributed by atoms with Crippen molar-refractivity contribution in [3.05, 3.63) is 29.3 Å². The first-order chi connectivity index (χ1) is 6.88. The van der Waals surface area contributed by atoms with Crippen molar-refractivity contribution in [2.45, 2.75) is 44.6 Å². The molecule has 0 aliphatic rings. The van der Waals surface area contributed by atoms with Gasteiger partial charge in [0.25, 0.3) is 0 Å². The lowest BCUT2D eigenvalue weighted by Gasteiger charge is -2.16. The van der Waals surface area contributed by atoms with Crippen LogP contribution in [0, 0.1) is 13.8 Å². The quantitative estimate of drug-likeness (QED) is 0.789. The zero-order valence-corrected chi connectivity index (χ0v) is 10.8. The van der Waals surface area contributed by atoms with Crippen molar-refractivity contribution in [2.24, 2.45) is 0 Å². The molecule has 0 saturated heterocycles. The molecule has 0 fully saturated rings. The summed E-state index contributed by atoms with van der Waals surface area (Å²) < 4.78 is 0. The van der Waals surface area contributed by atoms with Crippen LogP contribution in [0.2, 0.25) is 0 Å². The molecule has 0 spiro atoms. The summed E-state index contributed by atoms with van der Waals surface area (Å²) in [5.74, 6) is 0.966. The van der Waals surface area contributed by atoms with Crippen LogP contribution < -0.4 is 0 Å². The summed E-state index contributed by atoms with van der Waals surface area (Å²) in [7, 11) is 0. The third kappa shape index (κ3) is 4.72. The summed E-state index contributed by atoms with van der Waals surface area (Å²) in [5, 5.41) is 9.60. The topological polar surface area (TPSA) is 20.2 Å². The molecule has 0 atom stereocenters. The Balaban J connectivity index is 2.51. The van der Waals surface area contributed by atoms with Crippen LogP contribution in [0.1, 0.15) is 31.4 Å². The fraction of sp³-hybridized carbons (Fsp3) is 0.538. The number of aryl methyl sites for hydroxylation is 2. The van der Waals surface area contributed by atoms with Gasteiger partial charge in [-0.05, 0) is 45.7 Å². The van der Waals surface area contributed by atoms with Crippen LogP contribution in [0.25, 0.3) is 0 Å². The number of hydrogen-bond acceptors (Lipinski definition) is 2. The zero-order chi connectivity index (χ0) is 11.5. The molecule has 1 N–H and O–H groups in total. The minimum absolute atomic E-state index is 0.550. The second-order valence-corrected chi connectivity index (χ2v) is 5.82. The van der Waals surface area contributed by atoms with E-state index in [-0.39, 0.29) is 0 Å². The Kier molecular flexibility index (Phi) is 4.23. The number of thioether (sulfide) groups is 1. The Morgan fingerprint density at radius 3 is 2.47 bits per heavy atom. The molecule has 0 aromatic heterocycles. The van der Waals surface area contributed by atoms with Crippen LogP contribution in [0.5, 0.6) is 0 Å². The van der Waals surface area contributed by atoms with Gasteiger partial charge in [-0.3, -0.25) is 0 Å². The van der Waals surface area contributed by atoms with Gasteiger partial charge in [0.15, 0.2) is 0 Å². The molecule has 1 aromatic carbocycles. The third-order valence-corrected chi connectivity index (χ3v) is 3.48. The van der Waals surface area contributed by atoms with Gasteiger partial charge in [0.1, 0.15) is 0 Å². The maximum Gasteiger partial charge on any atom is 0.0599 e. The molecule has 0 heterocycles. The Morgan fingerprint density at radius 2 is 1.93 bits per heavy atom. The Morgan fingerprint density at radius 1 is 1.27 bits per heavy atom. The zero-order valence-electron chi connectivity index (χ0n) is 10.0. The van der Waals surface area contributed by atoms with E-state index < -0.39 is 5.60 Å². The molecule has 1 rings (SSSR count). The van der Waals surface area contributed by atoms with E-state index in [9.17, 15) is 5.11 Å². The molecule has 0 aliphatic heterocycles. The SMILES string of the molecule is Cc1ccc(SCCC(C)(C)O)c(C)c1. The number of hydrogen-bond donors (Lipinski definition) is 1. The van der Waals surface area contributed by atoms with Gasteiger partial charge in [0.2, 0.25) is 0 Å². The highest BCUT2D eigenvalue weighted by Gasteiger charge is 2.12. The van der Waals surface area contributed by atoms with Gasteiger partial charge < -0.3 is 5.11 Å². The van der Waals surface area contributed by atoms with Crippen LogP contribution in [-0.2, 0) is 0 Å². The van der Waals surface area contributed by atoms with Crippen molar-refractivity contribution >= 4 is 11.8 Å². The Hall–Kier alpha value is -0.470. The smallest absolute Gasteiger partial charge is 0.0599 e. The fourth-order valence-electron chi connectivity index (χ4n) is 1.37. The van der Waals surface area contributed by atoms with E-state index in [2.05, 4.69) is 32.0 Å². The highest BCUT2D eigenvalue weighted by molar-refractivity contribution is 7.99. The van der Waals surface area contributed by atoms with Crippen molar-refractivity contribution < 1.29 is 5.11 Å². The lowest BCUT2D eigenvalue weighted by Crippen LogP contribution is -2.19. The maximum atomic E-state index is 9.60. The minimum atomic E-state index is -0.550.